The van der Waals surface area contributed by atoms with Gasteiger partial charge in [-0.25, -0.2) is 4.98 Å². The van der Waals surface area contributed by atoms with E-state index >= 15 is 0 Å². The number of halogens is 4. The Balaban J connectivity index is 0.000000472. The fourth-order valence-corrected chi connectivity index (χ4v) is 8.40. The van der Waals surface area contributed by atoms with Gasteiger partial charge in [-0.2, -0.15) is 13.2 Å². The molecule has 3 fully saturated rings. The van der Waals surface area contributed by atoms with Crippen molar-refractivity contribution in [2.75, 3.05) is 39.3 Å². The molecule has 4 heterocycles. The van der Waals surface area contributed by atoms with Gasteiger partial charge in [-0.3, -0.25) is 4.79 Å². The number of fused-ring (bicyclic) bond motifs is 2. The van der Waals surface area contributed by atoms with Gasteiger partial charge in [0.1, 0.15) is 11.9 Å². The van der Waals surface area contributed by atoms with Gasteiger partial charge in [-0.15, -0.1) is 0 Å². The number of nitrogens with one attached hydrogen (secondary N) is 2. The Labute approximate surface area is 259 Å². The van der Waals surface area contributed by atoms with Crippen molar-refractivity contribution >= 4 is 27.8 Å². The summed E-state index contributed by atoms with van der Waals surface area (Å²) in [5, 5.41) is 11.2. The maximum absolute atomic E-state index is 14.5. The molecule has 4 atom stereocenters. The third-order valence-corrected chi connectivity index (χ3v) is 10.5. The number of carbonyl (C=O) groups is 2. The number of carboxylic acids is 1. The first-order chi connectivity index (χ1) is 20.6. The van der Waals surface area contributed by atoms with Crippen LogP contribution in [0.4, 0.5) is 13.2 Å². The highest BCUT2D eigenvalue weighted by Crippen LogP contribution is 2.44. The minimum atomic E-state index is -5.19. The fourth-order valence-electron chi connectivity index (χ4n) is 8.03. The van der Waals surface area contributed by atoms with Crippen LogP contribution in [0, 0.1) is 5.92 Å². The topological polar surface area (TPSA) is 95.6 Å². The lowest BCUT2D eigenvalue weighted by atomic mass is 9.65. The third-order valence-electron chi connectivity index (χ3n) is 10.0. The minimum Gasteiger partial charge on any atom is -0.542 e. The number of amides is 1. The van der Waals surface area contributed by atoms with E-state index in [1.807, 2.05) is 0 Å². The number of hydrogen-bond acceptors (Lipinski definition) is 3. The van der Waals surface area contributed by atoms with E-state index in [0.29, 0.717) is 17.9 Å². The molecule has 7 nitrogen and oxygen atoms in total. The molecule has 6 rings (SSSR count). The lowest BCUT2D eigenvalue weighted by Gasteiger charge is -2.44. The second-order valence-electron chi connectivity index (χ2n) is 12.6. The van der Waals surface area contributed by atoms with Gasteiger partial charge in [0.2, 0.25) is 10.5 Å². The lowest BCUT2D eigenvalue weighted by Crippen LogP contribution is -3.14. The summed E-state index contributed by atoms with van der Waals surface area (Å²) in [6.07, 6.45) is 4.42. The fraction of sp³-hybridized carbons (Fsp3) is 0.594. The van der Waals surface area contributed by atoms with Gasteiger partial charge in [-0.1, -0.05) is 30.3 Å². The first-order valence-corrected chi connectivity index (χ1v) is 16.4. The highest BCUT2D eigenvalue weighted by atomic mass is 79.9. The van der Waals surface area contributed by atoms with Crippen molar-refractivity contribution in [1.29, 1.82) is 0 Å². The number of aliphatic carboxylic acids is 1. The van der Waals surface area contributed by atoms with Crippen LogP contribution in [0.15, 0.2) is 47.1 Å². The Kier molecular flexibility index (Phi) is 10.1. The summed E-state index contributed by atoms with van der Waals surface area (Å²) in [5.41, 5.74) is 4.17. The zero-order chi connectivity index (χ0) is 30.6. The molecule has 1 aliphatic carbocycles. The third kappa shape index (κ3) is 7.26. The van der Waals surface area contributed by atoms with Crippen LogP contribution < -0.4 is 20.3 Å². The molecule has 0 saturated carbocycles. The zero-order valence-electron chi connectivity index (χ0n) is 24.4. The smallest absolute Gasteiger partial charge is 0.430 e. The van der Waals surface area contributed by atoms with Crippen LogP contribution in [0.5, 0.6) is 0 Å². The maximum atomic E-state index is 14.5. The summed E-state index contributed by atoms with van der Waals surface area (Å²) in [6.45, 7) is 6.53. The molecule has 234 valence electrons. The molecule has 2 aromatic rings. The van der Waals surface area contributed by atoms with E-state index in [1.165, 1.54) is 49.2 Å². The predicted octanol–water partition coefficient (Wildman–Crippen LogP) is 1.17. The molecule has 1 aromatic carbocycles. The number of hydrogen-bond donors (Lipinski definition) is 2. The van der Waals surface area contributed by atoms with Gasteiger partial charge in [0.25, 0.3) is 0 Å². The number of carboxylic acid groups (broad SMARTS) is 1. The molecule has 0 radical (unpaired) electrons. The average molecular weight is 668 g/mol. The number of aryl methyl sites for hydroxylation is 1. The van der Waals surface area contributed by atoms with Crippen molar-refractivity contribution in [3.63, 3.8) is 0 Å². The standard InChI is InChI=1S/C30H39BrN4O.C2HF3O2/c31-28-12-11-25-27(33-28)10-7-14-30(25)21-32-19-26(30)29(36)35-17-13-23(22-8-3-1-4-9-22)18-24(35)20-34-15-5-2-6-16-34;3-2(4,5)1(6)7/h1,3-4,8-9,11-12,23-24,26,32H,2,5-7,10,13-21H2;(H,6,7)/p+2/t23-,24+,26+,30+;/m1./s1. The molecular weight excluding hydrogens is 625 g/mol. The van der Waals surface area contributed by atoms with Crippen LogP contribution in [0.3, 0.4) is 0 Å². The summed E-state index contributed by atoms with van der Waals surface area (Å²) in [4.78, 5) is 31.0. The molecule has 1 amide bonds. The summed E-state index contributed by atoms with van der Waals surface area (Å²) < 4.78 is 32.6. The number of carbonyl (C=O) groups excluding carboxylic acids is 2. The van der Waals surface area contributed by atoms with Crippen molar-refractivity contribution in [3.8, 4) is 0 Å². The molecule has 43 heavy (non-hydrogen) atoms. The minimum absolute atomic E-state index is 0.0271. The van der Waals surface area contributed by atoms with Crippen molar-refractivity contribution in [3.05, 3.63) is 63.9 Å². The van der Waals surface area contributed by atoms with Crippen molar-refractivity contribution < 1.29 is 43.1 Å². The Bertz CT molecular complexity index is 1270. The van der Waals surface area contributed by atoms with Crippen LogP contribution >= 0.6 is 15.9 Å². The molecule has 0 unspecified atom stereocenters. The van der Waals surface area contributed by atoms with Crippen LogP contribution in [-0.2, 0) is 21.4 Å². The molecule has 3 saturated heterocycles. The summed E-state index contributed by atoms with van der Waals surface area (Å²) in [5.74, 6) is -1.92. The van der Waals surface area contributed by atoms with E-state index in [-0.39, 0.29) is 11.3 Å². The van der Waals surface area contributed by atoms with Gasteiger partial charge in [-0.05, 0) is 62.5 Å². The Morgan fingerprint density at radius 1 is 1.09 bits per heavy atom. The van der Waals surface area contributed by atoms with Gasteiger partial charge < -0.3 is 25.0 Å². The van der Waals surface area contributed by atoms with E-state index in [0.717, 1.165) is 62.9 Å². The maximum Gasteiger partial charge on any atom is 0.430 e. The summed E-state index contributed by atoms with van der Waals surface area (Å²) in [7, 11) is 0. The van der Waals surface area contributed by atoms with E-state index in [9.17, 15) is 18.0 Å². The normalized spacial score (nSPS) is 27.7. The molecule has 1 aromatic heterocycles. The van der Waals surface area contributed by atoms with E-state index in [2.05, 4.69) is 73.6 Å². The summed E-state index contributed by atoms with van der Waals surface area (Å²) >= 11 is 3.63. The van der Waals surface area contributed by atoms with Gasteiger partial charge >= 0.3 is 6.18 Å². The van der Waals surface area contributed by atoms with Crippen molar-refractivity contribution in [1.82, 2.24) is 4.90 Å². The van der Waals surface area contributed by atoms with Gasteiger partial charge in [0.15, 0.2) is 5.69 Å². The van der Waals surface area contributed by atoms with E-state index in [1.54, 1.807) is 4.90 Å². The average Bonchev–Trinajstić information content (AvgIpc) is 3.41. The number of H-pyrrole nitrogens is 1. The second-order valence-corrected chi connectivity index (χ2v) is 13.5. The van der Waals surface area contributed by atoms with Gasteiger partial charge in [0.05, 0.1) is 44.2 Å². The number of pyridine rings is 1. The first kappa shape index (κ1) is 31.9. The van der Waals surface area contributed by atoms with Crippen LogP contribution in [0.2, 0.25) is 0 Å². The summed E-state index contributed by atoms with van der Waals surface area (Å²) in [6, 6.07) is 15.8. The largest absolute Gasteiger partial charge is 0.542 e. The number of quaternary nitrogens is 2. The number of aromatic amines is 1. The van der Waals surface area contributed by atoms with E-state index < -0.39 is 12.1 Å². The Morgan fingerprint density at radius 3 is 2.51 bits per heavy atom. The second kappa shape index (κ2) is 13.6. The number of alkyl halides is 3. The number of rotatable bonds is 4. The van der Waals surface area contributed by atoms with Crippen molar-refractivity contribution in [2.24, 2.45) is 5.92 Å². The number of nitrogens with zero attached hydrogens (tertiary/aromatic N) is 1. The van der Waals surface area contributed by atoms with E-state index in [4.69, 9.17) is 9.90 Å². The lowest BCUT2D eigenvalue weighted by molar-refractivity contribution is -0.906. The molecular formula is C32H42BrF3N4O3+2. The molecule has 4 N–H and O–H groups in total. The number of likely N-dealkylation sites (tertiary alicyclic amines) is 2. The molecule has 3 aliphatic heterocycles. The zero-order valence-corrected chi connectivity index (χ0v) is 26.0. The predicted molar refractivity (Wildman–Crippen MR) is 155 cm³/mol. The Hall–Kier alpha value is -2.50. The van der Waals surface area contributed by atoms with Crippen LogP contribution in [-0.4, -0.2) is 68.3 Å². The number of piperidine rings is 2. The highest BCUT2D eigenvalue weighted by Gasteiger charge is 2.56. The first-order valence-electron chi connectivity index (χ1n) is 15.6. The molecule has 1 spiro atoms. The molecule has 11 heteroatoms. The van der Waals surface area contributed by atoms with Crippen LogP contribution in [0.25, 0.3) is 0 Å². The SMILES string of the molecule is O=C([C@@H]1C[NH2+]C[C@]12CCCc1[nH+]c(Br)ccc12)N1CC[C@@H](c2ccccc2)C[C@H]1C[NH+]1CCCCC1.O=C([O-])C(F)(F)F. The number of aromatic nitrogens is 1. The number of benzene rings is 1. The highest BCUT2D eigenvalue weighted by molar-refractivity contribution is 9.10. The molecule has 0 bridgehead atoms. The monoisotopic (exact) mass is 666 g/mol. The van der Waals surface area contributed by atoms with Crippen LogP contribution in [0.1, 0.15) is 67.7 Å². The van der Waals surface area contributed by atoms with Crippen molar-refractivity contribution in [2.45, 2.75) is 74.9 Å². The quantitative estimate of drug-likeness (QED) is 0.480. The van der Waals surface area contributed by atoms with Gasteiger partial charge in [0, 0.05) is 40.5 Å². The number of nitrogens with two attached hydrogens (primary N) is 1. The Morgan fingerprint density at radius 2 is 1.81 bits per heavy atom. The molecule has 4 aliphatic rings.